The van der Waals surface area contributed by atoms with Crippen LogP contribution in [0.4, 0.5) is 5.69 Å². The monoisotopic (exact) mass is 227 g/mol. The van der Waals surface area contributed by atoms with E-state index >= 15 is 0 Å². The van der Waals surface area contributed by atoms with Crippen molar-refractivity contribution in [3.63, 3.8) is 0 Å². The van der Waals surface area contributed by atoms with Crippen LogP contribution in [0.2, 0.25) is 0 Å². The van der Waals surface area contributed by atoms with Gasteiger partial charge in [0.15, 0.2) is 0 Å². The smallest absolute Gasteiger partial charge is 0.232 e. The van der Waals surface area contributed by atoms with E-state index in [9.17, 15) is 8.42 Å². The van der Waals surface area contributed by atoms with Gasteiger partial charge in [0, 0.05) is 0 Å². The van der Waals surface area contributed by atoms with E-state index in [1.165, 1.54) is 0 Å². The average molecular weight is 227 g/mol. The highest BCUT2D eigenvalue weighted by atomic mass is 32.2. The van der Waals surface area contributed by atoms with Crippen molar-refractivity contribution in [2.75, 3.05) is 10.5 Å². The maximum absolute atomic E-state index is 11.4. The first-order valence-electron chi connectivity index (χ1n) is 5.05. The first-order chi connectivity index (χ1) is 6.96. The van der Waals surface area contributed by atoms with Gasteiger partial charge < -0.3 is 0 Å². The second kappa shape index (κ2) is 4.66. The predicted molar refractivity (Wildman–Crippen MR) is 63.6 cm³/mol. The molecule has 84 valence electrons. The van der Waals surface area contributed by atoms with Crippen molar-refractivity contribution in [3.05, 3.63) is 29.8 Å². The number of hydrogen-bond donors (Lipinski definition) is 1. The van der Waals surface area contributed by atoms with E-state index in [1.54, 1.807) is 13.0 Å². The fourth-order valence-corrected chi connectivity index (χ4v) is 2.00. The Morgan fingerprint density at radius 1 is 1.27 bits per heavy atom. The van der Waals surface area contributed by atoms with Gasteiger partial charge >= 0.3 is 0 Å². The zero-order valence-corrected chi connectivity index (χ0v) is 10.1. The molecule has 0 aliphatic carbocycles. The number of nitrogens with one attached hydrogen (secondary N) is 1. The Balaban J connectivity index is 3.05. The van der Waals surface area contributed by atoms with Gasteiger partial charge in [0.05, 0.1) is 11.4 Å². The lowest BCUT2D eigenvalue weighted by atomic mass is 10.0. The van der Waals surface area contributed by atoms with E-state index in [0.29, 0.717) is 11.6 Å². The van der Waals surface area contributed by atoms with E-state index in [4.69, 9.17) is 0 Å². The van der Waals surface area contributed by atoms with Crippen molar-refractivity contribution < 1.29 is 8.42 Å². The van der Waals surface area contributed by atoms with Crippen LogP contribution in [0.5, 0.6) is 0 Å². The van der Waals surface area contributed by atoms with Crippen LogP contribution in [0, 0.1) is 0 Å². The number of para-hydroxylation sites is 1. The largest absolute Gasteiger partial charge is 0.283 e. The van der Waals surface area contributed by atoms with Gasteiger partial charge in [-0.3, -0.25) is 4.72 Å². The molecule has 1 aromatic rings. The van der Waals surface area contributed by atoms with Crippen molar-refractivity contribution >= 4 is 15.7 Å². The molecule has 0 heterocycles. The lowest BCUT2D eigenvalue weighted by Gasteiger charge is -2.13. The van der Waals surface area contributed by atoms with Gasteiger partial charge in [-0.2, -0.15) is 0 Å². The molecule has 1 rings (SSSR count). The Bertz CT molecular complexity index is 424. The van der Waals surface area contributed by atoms with E-state index in [-0.39, 0.29) is 5.75 Å². The molecule has 3 nitrogen and oxygen atoms in total. The Hall–Kier alpha value is -1.03. The highest BCUT2D eigenvalue weighted by molar-refractivity contribution is 7.92. The fourth-order valence-electron chi connectivity index (χ4n) is 1.33. The van der Waals surface area contributed by atoms with Gasteiger partial charge in [-0.05, 0) is 24.5 Å². The molecule has 0 spiro atoms. The molecule has 4 heteroatoms. The van der Waals surface area contributed by atoms with Crippen LogP contribution in [0.15, 0.2) is 24.3 Å². The highest BCUT2D eigenvalue weighted by Gasteiger charge is 2.11. The van der Waals surface area contributed by atoms with Crippen molar-refractivity contribution in [3.8, 4) is 0 Å². The van der Waals surface area contributed by atoms with Crippen molar-refractivity contribution in [1.29, 1.82) is 0 Å². The minimum atomic E-state index is -3.18. The molecule has 0 amide bonds. The summed E-state index contributed by atoms with van der Waals surface area (Å²) in [6, 6.07) is 7.49. The molecule has 0 aliphatic rings. The van der Waals surface area contributed by atoms with Crippen LogP contribution in [0.3, 0.4) is 0 Å². The van der Waals surface area contributed by atoms with Crippen LogP contribution in [0.25, 0.3) is 0 Å². The van der Waals surface area contributed by atoms with Gasteiger partial charge in [0.1, 0.15) is 0 Å². The number of benzene rings is 1. The summed E-state index contributed by atoms with van der Waals surface area (Å²) in [4.78, 5) is 0. The van der Waals surface area contributed by atoms with E-state index in [2.05, 4.69) is 4.72 Å². The van der Waals surface area contributed by atoms with Crippen LogP contribution in [0.1, 0.15) is 32.3 Å². The Morgan fingerprint density at radius 2 is 1.87 bits per heavy atom. The highest BCUT2D eigenvalue weighted by Crippen LogP contribution is 2.24. The van der Waals surface area contributed by atoms with Crippen molar-refractivity contribution in [2.24, 2.45) is 0 Å². The van der Waals surface area contributed by atoms with Gasteiger partial charge in [0.2, 0.25) is 10.0 Å². The second-order valence-electron chi connectivity index (χ2n) is 3.75. The molecule has 0 radical (unpaired) electrons. The van der Waals surface area contributed by atoms with Crippen LogP contribution >= 0.6 is 0 Å². The quantitative estimate of drug-likeness (QED) is 0.859. The zero-order chi connectivity index (χ0) is 11.5. The SMILES string of the molecule is CCS(=O)(=O)Nc1ccccc1C(C)C. The molecule has 0 saturated carbocycles. The Labute approximate surface area is 91.6 Å². The molecule has 0 saturated heterocycles. The third kappa shape index (κ3) is 3.23. The van der Waals surface area contributed by atoms with Gasteiger partial charge in [-0.25, -0.2) is 8.42 Å². The standard InChI is InChI=1S/C11H17NO2S/c1-4-15(13,14)12-11-8-6-5-7-10(11)9(2)3/h5-9,12H,4H2,1-3H3. The number of sulfonamides is 1. The summed E-state index contributed by atoms with van der Waals surface area (Å²) in [5, 5.41) is 0. The maximum atomic E-state index is 11.4. The van der Waals surface area contributed by atoms with E-state index in [0.717, 1.165) is 5.56 Å². The third-order valence-electron chi connectivity index (χ3n) is 2.23. The summed E-state index contributed by atoms with van der Waals surface area (Å²) in [6.07, 6.45) is 0. The molecule has 0 aromatic heterocycles. The lowest BCUT2D eigenvalue weighted by Crippen LogP contribution is -2.16. The predicted octanol–water partition coefficient (Wildman–Crippen LogP) is 2.57. The minimum Gasteiger partial charge on any atom is -0.283 e. The lowest BCUT2D eigenvalue weighted by molar-refractivity contribution is 0.602. The first kappa shape index (κ1) is 12.0. The van der Waals surface area contributed by atoms with Gasteiger partial charge in [0.25, 0.3) is 0 Å². The summed E-state index contributed by atoms with van der Waals surface area (Å²) < 4.78 is 25.5. The molecule has 0 bridgehead atoms. The molecule has 0 fully saturated rings. The Morgan fingerprint density at radius 3 is 2.40 bits per heavy atom. The summed E-state index contributed by atoms with van der Waals surface area (Å²) >= 11 is 0. The van der Waals surface area contributed by atoms with Crippen molar-refractivity contribution in [2.45, 2.75) is 26.7 Å². The van der Waals surface area contributed by atoms with Crippen molar-refractivity contribution in [1.82, 2.24) is 0 Å². The molecule has 1 N–H and O–H groups in total. The molecule has 0 aliphatic heterocycles. The van der Waals surface area contributed by atoms with Crippen LogP contribution in [-0.4, -0.2) is 14.2 Å². The van der Waals surface area contributed by atoms with Crippen LogP contribution in [-0.2, 0) is 10.0 Å². The maximum Gasteiger partial charge on any atom is 0.232 e. The summed E-state index contributed by atoms with van der Waals surface area (Å²) in [6.45, 7) is 5.71. The molecule has 1 aromatic carbocycles. The summed E-state index contributed by atoms with van der Waals surface area (Å²) in [7, 11) is -3.18. The number of anilines is 1. The fraction of sp³-hybridized carbons (Fsp3) is 0.455. The van der Waals surface area contributed by atoms with E-state index in [1.807, 2.05) is 32.0 Å². The zero-order valence-electron chi connectivity index (χ0n) is 9.32. The third-order valence-corrected chi connectivity index (χ3v) is 3.52. The summed E-state index contributed by atoms with van der Waals surface area (Å²) in [5.74, 6) is 0.403. The Kier molecular flexibility index (Phi) is 3.74. The molecule has 0 atom stereocenters. The summed E-state index contributed by atoms with van der Waals surface area (Å²) in [5.41, 5.74) is 1.71. The topological polar surface area (TPSA) is 46.2 Å². The first-order valence-corrected chi connectivity index (χ1v) is 6.71. The molecular weight excluding hydrogens is 210 g/mol. The minimum absolute atomic E-state index is 0.0967. The number of rotatable bonds is 4. The molecular formula is C11H17NO2S. The van der Waals surface area contributed by atoms with Crippen LogP contribution < -0.4 is 4.72 Å². The van der Waals surface area contributed by atoms with Gasteiger partial charge in [-0.1, -0.05) is 32.0 Å². The molecule has 0 unspecified atom stereocenters. The van der Waals surface area contributed by atoms with E-state index < -0.39 is 10.0 Å². The van der Waals surface area contributed by atoms with Gasteiger partial charge in [-0.15, -0.1) is 0 Å². The normalized spacial score (nSPS) is 11.7. The average Bonchev–Trinajstić information content (AvgIpc) is 2.18. The molecule has 15 heavy (non-hydrogen) atoms. The number of hydrogen-bond acceptors (Lipinski definition) is 2. The second-order valence-corrected chi connectivity index (χ2v) is 5.76.